The molecule has 2 heterocycles. The fourth-order valence-electron chi connectivity index (χ4n) is 2.17. The van der Waals surface area contributed by atoms with Crippen molar-refractivity contribution in [3.05, 3.63) is 0 Å². The first-order chi connectivity index (χ1) is 8.64. The van der Waals surface area contributed by atoms with E-state index in [0.29, 0.717) is 0 Å². The van der Waals surface area contributed by atoms with Crippen LogP contribution < -0.4 is 0 Å². The van der Waals surface area contributed by atoms with Crippen molar-refractivity contribution in [2.75, 3.05) is 6.61 Å². The highest BCUT2D eigenvalue weighted by Crippen LogP contribution is 2.39. The first-order valence-corrected chi connectivity index (χ1v) is 6.47. The highest BCUT2D eigenvalue weighted by Gasteiger charge is 2.56. The zero-order chi connectivity index (χ0) is 14.4. The van der Waals surface area contributed by atoms with Crippen molar-refractivity contribution >= 4 is 5.97 Å². The summed E-state index contributed by atoms with van der Waals surface area (Å²) in [5, 5.41) is 9.29. The van der Waals surface area contributed by atoms with Gasteiger partial charge in [0.15, 0.2) is 11.9 Å². The van der Waals surface area contributed by atoms with Gasteiger partial charge < -0.3 is 24.1 Å². The van der Waals surface area contributed by atoms with Crippen LogP contribution in [0, 0.1) is 5.41 Å². The van der Waals surface area contributed by atoms with Crippen molar-refractivity contribution in [2.45, 2.75) is 65.0 Å². The van der Waals surface area contributed by atoms with Crippen LogP contribution in [0.15, 0.2) is 0 Å². The van der Waals surface area contributed by atoms with E-state index in [9.17, 15) is 9.90 Å². The van der Waals surface area contributed by atoms with Crippen molar-refractivity contribution in [1.29, 1.82) is 0 Å². The molecule has 0 aliphatic carbocycles. The lowest BCUT2D eigenvalue weighted by Gasteiger charge is -2.25. The average molecular weight is 274 g/mol. The van der Waals surface area contributed by atoms with E-state index in [4.69, 9.17) is 18.9 Å². The highest BCUT2D eigenvalue weighted by atomic mass is 16.8. The van der Waals surface area contributed by atoms with Gasteiger partial charge in [0.05, 0.1) is 12.0 Å². The molecule has 2 aliphatic rings. The molecule has 6 heteroatoms. The molecular weight excluding hydrogens is 252 g/mol. The van der Waals surface area contributed by atoms with Crippen molar-refractivity contribution < 1.29 is 28.8 Å². The van der Waals surface area contributed by atoms with Gasteiger partial charge in [0.25, 0.3) is 0 Å². The molecule has 2 rings (SSSR count). The first kappa shape index (κ1) is 14.7. The number of carbonyl (C=O) groups excluding carboxylic acids is 1. The van der Waals surface area contributed by atoms with Crippen LogP contribution in [0.5, 0.6) is 0 Å². The molecule has 4 atom stereocenters. The van der Waals surface area contributed by atoms with Crippen molar-refractivity contribution in [3.8, 4) is 0 Å². The van der Waals surface area contributed by atoms with Crippen LogP contribution in [0.25, 0.3) is 0 Å². The molecule has 0 saturated carbocycles. The minimum Gasteiger partial charge on any atom is -0.432 e. The zero-order valence-corrected chi connectivity index (χ0v) is 12.0. The van der Waals surface area contributed by atoms with E-state index in [1.165, 1.54) is 0 Å². The van der Waals surface area contributed by atoms with Gasteiger partial charge in [-0.1, -0.05) is 0 Å². The molecule has 19 heavy (non-hydrogen) atoms. The summed E-state index contributed by atoms with van der Waals surface area (Å²) in [5.41, 5.74) is -0.620. The number of esters is 1. The van der Waals surface area contributed by atoms with Gasteiger partial charge in [-0.3, -0.25) is 4.79 Å². The van der Waals surface area contributed by atoms with Gasteiger partial charge in [-0.2, -0.15) is 0 Å². The maximum absolute atomic E-state index is 11.9. The van der Waals surface area contributed by atoms with E-state index in [-0.39, 0.29) is 12.6 Å². The third-order valence-corrected chi connectivity index (χ3v) is 3.12. The van der Waals surface area contributed by atoms with Crippen LogP contribution >= 0.6 is 0 Å². The Morgan fingerprint density at radius 3 is 2.37 bits per heavy atom. The Kier molecular flexibility index (Phi) is 3.64. The second kappa shape index (κ2) is 4.70. The topological polar surface area (TPSA) is 74.2 Å². The summed E-state index contributed by atoms with van der Waals surface area (Å²) in [7, 11) is 0. The second-order valence-corrected chi connectivity index (χ2v) is 6.45. The van der Waals surface area contributed by atoms with Gasteiger partial charge in [-0.05, 0) is 34.6 Å². The molecule has 0 bridgehead atoms. The Balaban J connectivity index is 2.08. The lowest BCUT2D eigenvalue weighted by Crippen LogP contribution is -2.36. The standard InChI is InChI=1S/C13H22O6/c1-12(2,3)11(15)17-10-9-8(7(6-14)16-10)18-13(4,5)19-9/h7-10,14H,6H2,1-5H3/t7-,8-,9-,10-/m1/s1. The van der Waals surface area contributed by atoms with Crippen LogP contribution in [0.4, 0.5) is 0 Å². The molecular formula is C13H22O6. The fraction of sp³-hybridized carbons (Fsp3) is 0.923. The van der Waals surface area contributed by atoms with E-state index in [1.807, 2.05) is 0 Å². The monoisotopic (exact) mass is 274 g/mol. The number of aliphatic hydroxyl groups is 1. The molecule has 0 aromatic rings. The van der Waals surface area contributed by atoms with E-state index in [1.54, 1.807) is 34.6 Å². The van der Waals surface area contributed by atoms with Crippen LogP contribution in [-0.4, -0.2) is 48.1 Å². The lowest BCUT2D eigenvalue weighted by atomic mass is 9.97. The van der Waals surface area contributed by atoms with Gasteiger partial charge in [-0.15, -0.1) is 0 Å². The number of aliphatic hydroxyl groups excluding tert-OH is 1. The van der Waals surface area contributed by atoms with Gasteiger partial charge >= 0.3 is 5.97 Å². The molecule has 0 unspecified atom stereocenters. The molecule has 2 aliphatic heterocycles. The number of hydrogen-bond donors (Lipinski definition) is 1. The molecule has 0 spiro atoms. The number of carbonyl (C=O) groups is 1. The lowest BCUT2D eigenvalue weighted by molar-refractivity contribution is -0.237. The van der Waals surface area contributed by atoms with Crippen molar-refractivity contribution in [1.82, 2.24) is 0 Å². The molecule has 6 nitrogen and oxygen atoms in total. The Hall–Kier alpha value is -0.690. The molecule has 1 N–H and O–H groups in total. The predicted molar refractivity (Wildman–Crippen MR) is 65.1 cm³/mol. The van der Waals surface area contributed by atoms with Gasteiger partial charge in [0.2, 0.25) is 6.29 Å². The molecule has 0 aromatic carbocycles. The van der Waals surface area contributed by atoms with Crippen molar-refractivity contribution in [2.24, 2.45) is 5.41 Å². The Morgan fingerprint density at radius 2 is 1.84 bits per heavy atom. The summed E-state index contributed by atoms with van der Waals surface area (Å²) < 4.78 is 22.2. The molecule has 2 saturated heterocycles. The van der Waals surface area contributed by atoms with Gasteiger partial charge in [0, 0.05) is 0 Å². The number of fused-ring (bicyclic) bond motifs is 1. The normalized spacial score (nSPS) is 37.2. The summed E-state index contributed by atoms with van der Waals surface area (Å²) in [6, 6.07) is 0. The summed E-state index contributed by atoms with van der Waals surface area (Å²) in [6.45, 7) is 8.65. The van der Waals surface area contributed by atoms with E-state index < -0.39 is 35.8 Å². The number of hydrogen-bond acceptors (Lipinski definition) is 6. The Labute approximate surface area is 113 Å². The summed E-state index contributed by atoms with van der Waals surface area (Å²) >= 11 is 0. The Morgan fingerprint density at radius 1 is 1.26 bits per heavy atom. The number of ether oxygens (including phenoxy) is 4. The maximum Gasteiger partial charge on any atom is 0.313 e. The van der Waals surface area contributed by atoms with Crippen LogP contribution in [0.1, 0.15) is 34.6 Å². The van der Waals surface area contributed by atoms with Crippen LogP contribution in [-0.2, 0) is 23.7 Å². The number of rotatable bonds is 2. The third kappa shape index (κ3) is 2.91. The third-order valence-electron chi connectivity index (χ3n) is 3.12. The molecule has 0 amide bonds. The minimum absolute atomic E-state index is 0.204. The predicted octanol–water partition coefficient (Wildman–Crippen LogP) is 0.813. The highest BCUT2D eigenvalue weighted by molar-refractivity contribution is 5.75. The molecule has 0 aromatic heterocycles. The fourth-order valence-corrected chi connectivity index (χ4v) is 2.17. The maximum atomic E-state index is 11.9. The smallest absolute Gasteiger partial charge is 0.313 e. The summed E-state index contributed by atoms with van der Waals surface area (Å²) in [5.74, 6) is -1.14. The van der Waals surface area contributed by atoms with Crippen LogP contribution in [0.2, 0.25) is 0 Å². The van der Waals surface area contributed by atoms with Gasteiger partial charge in [-0.25, -0.2) is 0 Å². The molecule has 0 radical (unpaired) electrons. The average Bonchev–Trinajstić information content (AvgIpc) is 2.72. The van der Waals surface area contributed by atoms with Gasteiger partial charge in [0.1, 0.15) is 12.2 Å². The quantitative estimate of drug-likeness (QED) is 0.751. The molecule has 110 valence electrons. The molecule has 2 fully saturated rings. The second-order valence-electron chi connectivity index (χ2n) is 6.45. The van der Waals surface area contributed by atoms with Crippen molar-refractivity contribution in [3.63, 3.8) is 0 Å². The Bertz CT molecular complexity index is 359. The van der Waals surface area contributed by atoms with E-state index >= 15 is 0 Å². The zero-order valence-electron chi connectivity index (χ0n) is 12.0. The van der Waals surface area contributed by atoms with E-state index in [2.05, 4.69) is 0 Å². The minimum atomic E-state index is -0.837. The first-order valence-electron chi connectivity index (χ1n) is 6.47. The summed E-state index contributed by atoms with van der Waals surface area (Å²) in [6.07, 6.45) is -2.29. The van der Waals surface area contributed by atoms with E-state index in [0.717, 1.165) is 0 Å². The largest absolute Gasteiger partial charge is 0.432 e. The van der Waals surface area contributed by atoms with Crippen LogP contribution in [0.3, 0.4) is 0 Å². The SMILES string of the molecule is CC1(C)O[C@H]2[C@@H](OC(=O)C(C)(C)C)O[C@H](CO)[C@H]2O1. The summed E-state index contributed by atoms with van der Waals surface area (Å²) in [4.78, 5) is 11.9.